The van der Waals surface area contributed by atoms with Crippen molar-refractivity contribution in [3.8, 4) is 0 Å². The smallest absolute Gasteiger partial charge is 0.313 e. The van der Waals surface area contributed by atoms with E-state index in [1.807, 2.05) is 0 Å². The number of amides is 3. The maximum Gasteiger partial charge on any atom is 0.313 e. The van der Waals surface area contributed by atoms with Crippen molar-refractivity contribution < 1.29 is 18.8 Å². The van der Waals surface area contributed by atoms with E-state index >= 15 is 0 Å². The van der Waals surface area contributed by atoms with Gasteiger partial charge in [-0.2, -0.15) is 5.10 Å². The fourth-order valence-electron chi connectivity index (χ4n) is 1.70. The van der Waals surface area contributed by atoms with Crippen LogP contribution in [0, 0.1) is 0 Å². The molecule has 0 aliphatic carbocycles. The number of nitrogens with zero attached hydrogens (tertiary/aromatic N) is 1. The molecule has 0 aliphatic heterocycles. The van der Waals surface area contributed by atoms with Crippen molar-refractivity contribution in [1.29, 1.82) is 0 Å². The fourth-order valence-corrected chi connectivity index (χ4v) is 1.70. The molecule has 3 amide bonds. The molecule has 2 aromatic rings. The second-order valence-electron chi connectivity index (χ2n) is 4.73. The molecule has 0 aliphatic rings. The Morgan fingerprint density at radius 2 is 1.83 bits per heavy atom. The van der Waals surface area contributed by atoms with Gasteiger partial charge in [-0.3, -0.25) is 14.4 Å². The number of hydrogen-bond acceptors (Lipinski definition) is 5. The van der Waals surface area contributed by atoms with Crippen LogP contribution in [0.2, 0.25) is 0 Å². The first-order chi connectivity index (χ1) is 11.5. The van der Waals surface area contributed by atoms with E-state index in [0.29, 0.717) is 17.2 Å². The van der Waals surface area contributed by atoms with Gasteiger partial charge in [0.05, 0.1) is 12.8 Å². The lowest BCUT2D eigenvalue weighted by molar-refractivity contribution is -0.136. The molecule has 124 valence electrons. The predicted octanol–water partition coefficient (Wildman–Crippen LogP) is 1.00. The minimum Gasteiger partial charge on any atom is -0.458 e. The molecule has 0 fully saturated rings. The quantitative estimate of drug-likeness (QED) is 0.432. The molecule has 8 nitrogen and oxygen atoms in total. The van der Waals surface area contributed by atoms with Gasteiger partial charge in [0.1, 0.15) is 11.5 Å². The third kappa shape index (κ3) is 5.41. The number of carbonyl (C=O) groups is 3. The van der Waals surface area contributed by atoms with Crippen LogP contribution in [0.3, 0.4) is 0 Å². The molecule has 0 saturated heterocycles. The molecule has 8 heteroatoms. The molecular weight excluding hydrogens is 312 g/mol. The number of carbonyl (C=O) groups excluding carboxylic acids is 3. The number of anilines is 1. The van der Waals surface area contributed by atoms with Gasteiger partial charge < -0.3 is 15.1 Å². The van der Waals surface area contributed by atoms with E-state index in [1.54, 1.807) is 42.5 Å². The highest BCUT2D eigenvalue weighted by atomic mass is 16.3. The lowest BCUT2D eigenvalue weighted by Gasteiger charge is -2.05. The van der Waals surface area contributed by atoms with Crippen LogP contribution in [0.25, 0.3) is 0 Å². The van der Waals surface area contributed by atoms with Gasteiger partial charge in [-0.1, -0.05) is 18.2 Å². The Morgan fingerprint density at radius 1 is 1.08 bits per heavy atom. The summed E-state index contributed by atoms with van der Waals surface area (Å²) < 4.78 is 5.37. The molecule has 0 spiro atoms. The lowest BCUT2D eigenvalue weighted by atomic mass is 10.3. The van der Waals surface area contributed by atoms with Crippen molar-refractivity contribution in [1.82, 2.24) is 10.7 Å². The van der Waals surface area contributed by atoms with Crippen molar-refractivity contribution in [2.45, 2.75) is 13.5 Å². The van der Waals surface area contributed by atoms with E-state index in [9.17, 15) is 14.4 Å². The van der Waals surface area contributed by atoms with Crippen LogP contribution < -0.4 is 16.1 Å². The highest BCUT2D eigenvalue weighted by Gasteiger charge is 2.13. The van der Waals surface area contributed by atoms with E-state index in [0.717, 1.165) is 0 Å². The van der Waals surface area contributed by atoms with Crippen molar-refractivity contribution >= 4 is 29.6 Å². The molecule has 24 heavy (non-hydrogen) atoms. The summed E-state index contributed by atoms with van der Waals surface area (Å²) >= 11 is 0. The topological polar surface area (TPSA) is 113 Å². The first-order valence-corrected chi connectivity index (χ1v) is 7.07. The summed E-state index contributed by atoms with van der Waals surface area (Å²) in [4.78, 5) is 34.1. The highest BCUT2D eigenvalue weighted by Crippen LogP contribution is 2.06. The first-order valence-electron chi connectivity index (χ1n) is 7.07. The SMILES string of the molecule is CC(=O)N/N=C\c1ccc(CNC(=O)C(=O)Nc2ccccc2)o1. The standard InChI is InChI=1S/C16H16N4O4/c1-11(21)20-18-10-14-8-7-13(24-14)9-17-15(22)16(23)19-12-5-3-2-4-6-12/h2-8,10H,9H2,1H3,(H,17,22)(H,19,23)(H,20,21)/b18-10-. The fraction of sp³-hybridized carbons (Fsp3) is 0.125. The molecule has 0 radical (unpaired) electrons. The molecule has 3 N–H and O–H groups in total. The van der Waals surface area contributed by atoms with E-state index in [4.69, 9.17) is 4.42 Å². The summed E-state index contributed by atoms with van der Waals surface area (Å²) in [7, 11) is 0. The summed E-state index contributed by atoms with van der Waals surface area (Å²) in [5, 5.41) is 8.58. The van der Waals surface area contributed by atoms with Crippen LogP contribution in [0.4, 0.5) is 5.69 Å². The van der Waals surface area contributed by atoms with E-state index in [2.05, 4.69) is 21.2 Å². The van der Waals surface area contributed by atoms with Gasteiger partial charge in [0.15, 0.2) is 0 Å². The number of hydrazone groups is 1. The molecule has 1 aromatic heterocycles. The van der Waals surface area contributed by atoms with Crippen LogP contribution >= 0.6 is 0 Å². The number of rotatable bonds is 5. The molecule has 0 bridgehead atoms. The number of benzene rings is 1. The summed E-state index contributed by atoms with van der Waals surface area (Å²) in [6.07, 6.45) is 1.33. The summed E-state index contributed by atoms with van der Waals surface area (Å²) in [5.74, 6) is -0.986. The van der Waals surface area contributed by atoms with Gasteiger partial charge in [0.25, 0.3) is 0 Å². The van der Waals surface area contributed by atoms with Crippen molar-refractivity contribution in [3.63, 3.8) is 0 Å². The number of hydrogen-bond donors (Lipinski definition) is 3. The molecule has 1 aromatic carbocycles. The van der Waals surface area contributed by atoms with E-state index in [1.165, 1.54) is 13.1 Å². The number of furan rings is 1. The van der Waals surface area contributed by atoms with Gasteiger partial charge in [0, 0.05) is 12.6 Å². The first kappa shape index (κ1) is 16.9. The van der Waals surface area contributed by atoms with E-state index in [-0.39, 0.29) is 12.5 Å². The number of para-hydroxylation sites is 1. The van der Waals surface area contributed by atoms with Gasteiger partial charge in [-0.25, -0.2) is 5.43 Å². The zero-order valence-corrected chi connectivity index (χ0v) is 12.9. The average molecular weight is 328 g/mol. The molecule has 0 atom stereocenters. The van der Waals surface area contributed by atoms with Crippen LogP contribution in [-0.2, 0) is 20.9 Å². The van der Waals surface area contributed by atoms with Crippen molar-refractivity contribution in [2.75, 3.05) is 5.32 Å². The Bertz CT molecular complexity index is 752. The minimum atomic E-state index is -0.774. The average Bonchev–Trinajstić information content (AvgIpc) is 3.01. The monoisotopic (exact) mass is 328 g/mol. The summed E-state index contributed by atoms with van der Waals surface area (Å²) in [5.41, 5.74) is 2.77. The van der Waals surface area contributed by atoms with Crippen LogP contribution in [-0.4, -0.2) is 23.9 Å². The van der Waals surface area contributed by atoms with Crippen molar-refractivity contribution in [3.05, 3.63) is 54.0 Å². The second-order valence-corrected chi connectivity index (χ2v) is 4.73. The Balaban J connectivity index is 1.81. The predicted molar refractivity (Wildman–Crippen MR) is 87.0 cm³/mol. The maximum absolute atomic E-state index is 11.7. The van der Waals surface area contributed by atoms with Crippen LogP contribution in [0.15, 0.2) is 52.0 Å². The Hall–Kier alpha value is -3.42. The molecular formula is C16H16N4O4. The maximum atomic E-state index is 11.7. The summed E-state index contributed by atoms with van der Waals surface area (Å²) in [6, 6.07) is 11.9. The normalized spacial score (nSPS) is 10.4. The van der Waals surface area contributed by atoms with Gasteiger partial charge in [-0.15, -0.1) is 0 Å². The molecule has 1 heterocycles. The minimum absolute atomic E-state index is 0.0506. The van der Waals surface area contributed by atoms with Gasteiger partial charge in [-0.05, 0) is 24.3 Å². The Labute approximate surface area is 137 Å². The van der Waals surface area contributed by atoms with Crippen LogP contribution in [0.1, 0.15) is 18.4 Å². The highest BCUT2D eigenvalue weighted by molar-refractivity contribution is 6.39. The zero-order chi connectivity index (χ0) is 17.4. The molecule has 0 unspecified atom stereocenters. The van der Waals surface area contributed by atoms with Crippen molar-refractivity contribution in [2.24, 2.45) is 5.10 Å². The Morgan fingerprint density at radius 3 is 2.54 bits per heavy atom. The summed E-state index contributed by atoms with van der Waals surface area (Å²) in [6.45, 7) is 1.38. The number of nitrogens with one attached hydrogen (secondary N) is 3. The third-order valence-corrected chi connectivity index (χ3v) is 2.76. The Kier molecular flexibility index (Phi) is 5.84. The molecule has 0 saturated carbocycles. The molecule has 2 rings (SSSR count). The lowest BCUT2D eigenvalue weighted by Crippen LogP contribution is -2.34. The van der Waals surface area contributed by atoms with Crippen LogP contribution in [0.5, 0.6) is 0 Å². The second kappa shape index (κ2) is 8.28. The van der Waals surface area contributed by atoms with Gasteiger partial charge in [0.2, 0.25) is 5.91 Å². The van der Waals surface area contributed by atoms with Gasteiger partial charge >= 0.3 is 11.8 Å². The zero-order valence-electron chi connectivity index (χ0n) is 12.9. The van der Waals surface area contributed by atoms with E-state index < -0.39 is 11.8 Å². The third-order valence-electron chi connectivity index (χ3n) is 2.76. The largest absolute Gasteiger partial charge is 0.458 e.